The van der Waals surface area contributed by atoms with Gasteiger partial charge in [0.15, 0.2) is 0 Å². The normalized spacial score (nSPS) is 12.1. The van der Waals surface area contributed by atoms with Crippen LogP contribution in [0.25, 0.3) is 0 Å². The second-order valence-corrected chi connectivity index (χ2v) is 5.18. The number of amides is 1. The van der Waals surface area contributed by atoms with Gasteiger partial charge in [-0.15, -0.1) is 0 Å². The van der Waals surface area contributed by atoms with Crippen LogP contribution in [-0.2, 0) is 0 Å². The maximum absolute atomic E-state index is 12.0. The van der Waals surface area contributed by atoms with E-state index in [1.165, 1.54) is 0 Å². The fraction of sp³-hybridized carbons (Fsp3) is 0.154. The minimum Gasteiger partial charge on any atom is -0.398 e. The number of rotatable bonds is 3. The van der Waals surface area contributed by atoms with Crippen molar-refractivity contribution in [1.82, 2.24) is 5.32 Å². The lowest BCUT2D eigenvalue weighted by molar-refractivity contribution is 0.0940. The summed E-state index contributed by atoms with van der Waals surface area (Å²) in [4.78, 5) is 12.0. The van der Waals surface area contributed by atoms with Gasteiger partial charge in [0, 0.05) is 5.56 Å². The van der Waals surface area contributed by atoms with Gasteiger partial charge in [0.25, 0.3) is 5.91 Å². The quantitative estimate of drug-likeness (QED) is 0.846. The Labute approximate surface area is 115 Å². The Hall–Kier alpha value is -1.52. The number of nitrogen functional groups attached to an aromatic ring is 1. The second-order valence-electron chi connectivity index (χ2n) is 3.99. The number of benzene rings is 1. The zero-order valence-electron chi connectivity index (χ0n) is 9.81. The fourth-order valence-corrected chi connectivity index (χ4v) is 2.44. The summed E-state index contributed by atoms with van der Waals surface area (Å²) < 4.78 is 0. The molecule has 3 nitrogen and oxygen atoms in total. The van der Waals surface area contributed by atoms with Gasteiger partial charge in [-0.1, -0.05) is 11.6 Å². The minimum absolute atomic E-state index is 0.0272. The van der Waals surface area contributed by atoms with E-state index in [1.54, 1.807) is 29.5 Å². The number of carbonyl (C=O) groups is 1. The Balaban J connectivity index is 2.10. The lowest BCUT2D eigenvalue weighted by Gasteiger charge is -2.13. The average Bonchev–Trinajstić information content (AvgIpc) is 2.86. The van der Waals surface area contributed by atoms with E-state index in [4.69, 9.17) is 17.3 Å². The maximum atomic E-state index is 12.0. The van der Waals surface area contributed by atoms with E-state index in [-0.39, 0.29) is 11.9 Å². The van der Waals surface area contributed by atoms with E-state index in [0.29, 0.717) is 16.3 Å². The van der Waals surface area contributed by atoms with Gasteiger partial charge in [0.2, 0.25) is 0 Å². The van der Waals surface area contributed by atoms with E-state index >= 15 is 0 Å². The summed E-state index contributed by atoms with van der Waals surface area (Å²) in [6, 6.07) is 6.83. The SMILES string of the molecule is CC(NC(=O)c1ccc(Cl)c(N)c1)c1ccsc1. The first-order valence-corrected chi connectivity index (χ1v) is 6.78. The van der Waals surface area contributed by atoms with Crippen molar-refractivity contribution >= 4 is 34.5 Å². The van der Waals surface area contributed by atoms with Crippen LogP contribution in [0, 0.1) is 0 Å². The molecule has 2 rings (SSSR count). The summed E-state index contributed by atoms with van der Waals surface area (Å²) in [6.45, 7) is 1.94. The molecule has 0 aliphatic heterocycles. The molecule has 0 spiro atoms. The van der Waals surface area contributed by atoms with Crippen molar-refractivity contribution < 1.29 is 4.79 Å². The third-order valence-electron chi connectivity index (χ3n) is 2.65. The van der Waals surface area contributed by atoms with Crippen molar-refractivity contribution in [2.75, 3.05) is 5.73 Å². The number of hydrogen-bond acceptors (Lipinski definition) is 3. The highest BCUT2D eigenvalue weighted by molar-refractivity contribution is 7.07. The summed E-state index contributed by atoms with van der Waals surface area (Å²) in [7, 11) is 0. The Morgan fingerprint density at radius 2 is 2.22 bits per heavy atom. The molecule has 0 fully saturated rings. The third-order valence-corrected chi connectivity index (χ3v) is 3.69. The Morgan fingerprint density at radius 1 is 1.44 bits per heavy atom. The molecule has 1 amide bonds. The predicted molar refractivity (Wildman–Crippen MR) is 76.1 cm³/mol. The van der Waals surface area contributed by atoms with Gasteiger partial charge in [-0.05, 0) is 47.5 Å². The van der Waals surface area contributed by atoms with E-state index in [0.717, 1.165) is 5.56 Å². The molecule has 0 saturated carbocycles. The monoisotopic (exact) mass is 280 g/mol. The van der Waals surface area contributed by atoms with Crippen LogP contribution in [0.15, 0.2) is 35.0 Å². The van der Waals surface area contributed by atoms with Gasteiger partial charge in [-0.25, -0.2) is 0 Å². The highest BCUT2D eigenvalue weighted by Gasteiger charge is 2.12. The first kappa shape index (κ1) is 12.9. The van der Waals surface area contributed by atoms with Crippen LogP contribution in [0.2, 0.25) is 5.02 Å². The largest absolute Gasteiger partial charge is 0.398 e. The van der Waals surface area contributed by atoms with Crippen LogP contribution < -0.4 is 11.1 Å². The zero-order chi connectivity index (χ0) is 13.1. The van der Waals surface area contributed by atoms with Gasteiger partial charge in [-0.2, -0.15) is 11.3 Å². The Morgan fingerprint density at radius 3 is 2.83 bits per heavy atom. The lowest BCUT2D eigenvalue weighted by atomic mass is 10.1. The molecule has 94 valence electrons. The molecule has 18 heavy (non-hydrogen) atoms. The molecule has 2 aromatic rings. The number of carbonyl (C=O) groups excluding carboxylic acids is 1. The highest BCUT2D eigenvalue weighted by Crippen LogP contribution is 2.20. The number of hydrogen-bond donors (Lipinski definition) is 2. The first-order chi connectivity index (χ1) is 8.58. The van der Waals surface area contributed by atoms with Crippen LogP contribution in [0.4, 0.5) is 5.69 Å². The minimum atomic E-state index is -0.155. The molecule has 0 aliphatic rings. The van der Waals surface area contributed by atoms with Gasteiger partial charge in [0.05, 0.1) is 16.8 Å². The molecule has 1 atom stereocenters. The van der Waals surface area contributed by atoms with Crippen molar-refractivity contribution in [3.8, 4) is 0 Å². The van der Waals surface area contributed by atoms with Crippen LogP contribution in [0.3, 0.4) is 0 Å². The molecule has 1 heterocycles. The van der Waals surface area contributed by atoms with E-state index in [1.807, 2.05) is 23.8 Å². The second kappa shape index (κ2) is 5.42. The molecule has 0 saturated heterocycles. The molecular weight excluding hydrogens is 268 g/mol. The van der Waals surface area contributed by atoms with Crippen molar-refractivity contribution in [1.29, 1.82) is 0 Å². The molecule has 1 aromatic carbocycles. The van der Waals surface area contributed by atoms with Crippen LogP contribution in [0.5, 0.6) is 0 Å². The molecule has 5 heteroatoms. The Kier molecular flexibility index (Phi) is 3.89. The predicted octanol–water partition coefficient (Wildman–Crippen LogP) is 3.47. The van der Waals surface area contributed by atoms with Crippen molar-refractivity contribution in [3.05, 3.63) is 51.2 Å². The van der Waals surface area contributed by atoms with Gasteiger partial charge < -0.3 is 11.1 Å². The third kappa shape index (κ3) is 2.83. The van der Waals surface area contributed by atoms with Gasteiger partial charge in [-0.3, -0.25) is 4.79 Å². The summed E-state index contributed by atoms with van der Waals surface area (Å²) in [5, 5.41) is 7.37. The van der Waals surface area contributed by atoms with Crippen LogP contribution >= 0.6 is 22.9 Å². The molecule has 1 aromatic heterocycles. The maximum Gasteiger partial charge on any atom is 0.251 e. The summed E-state index contributed by atoms with van der Waals surface area (Å²) in [5.74, 6) is -0.155. The molecular formula is C13H13ClN2OS. The topological polar surface area (TPSA) is 55.1 Å². The Bertz CT molecular complexity index is 554. The summed E-state index contributed by atoms with van der Waals surface area (Å²) >= 11 is 7.42. The molecule has 0 radical (unpaired) electrons. The van der Waals surface area contributed by atoms with E-state index in [2.05, 4.69) is 5.32 Å². The molecule has 0 aliphatic carbocycles. The number of nitrogens with one attached hydrogen (secondary N) is 1. The van der Waals surface area contributed by atoms with Crippen molar-refractivity contribution in [2.45, 2.75) is 13.0 Å². The average molecular weight is 281 g/mol. The lowest BCUT2D eigenvalue weighted by Crippen LogP contribution is -2.26. The number of anilines is 1. The van der Waals surface area contributed by atoms with E-state index < -0.39 is 0 Å². The summed E-state index contributed by atoms with van der Waals surface area (Å²) in [6.07, 6.45) is 0. The van der Waals surface area contributed by atoms with Crippen molar-refractivity contribution in [2.24, 2.45) is 0 Å². The zero-order valence-corrected chi connectivity index (χ0v) is 11.4. The highest BCUT2D eigenvalue weighted by atomic mass is 35.5. The smallest absolute Gasteiger partial charge is 0.251 e. The van der Waals surface area contributed by atoms with Crippen molar-refractivity contribution in [3.63, 3.8) is 0 Å². The molecule has 0 bridgehead atoms. The summed E-state index contributed by atoms with van der Waals surface area (Å²) in [5.41, 5.74) is 7.69. The first-order valence-electron chi connectivity index (χ1n) is 5.46. The number of nitrogens with two attached hydrogens (primary N) is 1. The van der Waals surface area contributed by atoms with E-state index in [9.17, 15) is 4.79 Å². The number of halogens is 1. The molecule has 3 N–H and O–H groups in total. The van der Waals surface area contributed by atoms with Crippen LogP contribution in [0.1, 0.15) is 28.9 Å². The molecule has 1 unspecified atom stereocenters. The van der Waals surface area contributed by atoms with Gasteiger partial charge >= 0.3 is 0 Å². The van der Waals surface area contributed by atoms with Gasteiger partial charge in [0.1, 0.15) is 0 Å². The standard InChI is InChI=1S/C13H13ClN2OS/c1-8(10-4-5-18-7-10)16-13(17)9-2-3-11(14)12(15)6-9/h2-8H,15H2,1H3,(H,16,17). The van der Waals surface area contributed by atoms with Crippen LogP contribution in [-0.4, -0.2) is 5.91 Å². The fourth-order valence-electron chi connectivity index (χ4n) is 1.57. The number of thiophene rings is 1.